The molecule has 0 amide bonds. The molecule has 0 aliphatic carbocycles. The summed E-state index contributed by atoms with van der Waals surface area (Å²) in [7, 11) is -1.61. The lowest BCUT2D eigenvalue weighted by atomic mass is 9.79. The Morgan fingerprint density at radius 3 is 2.79 bits per heavy atom. The van der Waals surface area contributed by atoms with Gasteiger partial charge in [0.15, 0.2) is 0 Å². The maximum Gasteiger partial charge on any atom is 0.488 e. The maximum absolute atomic E-state index is 13.5. The highest BCUT2D eigenvalue weighted by atomic mass is 19.1. The predicted octanol–water partition coefficient (Wildman–Crippen LogP) is 1.27. The first kappa shape index (κ1) is 14.5. The van der Waals surface area contributed by atoms with Crippen LogP contribution in [0.3, 0.4) is 0 Å². The highest BCUT2D eigenvalue weighted by Gasteiger charge is 2.19. The summed E-state index contributed by atoms with van der Waals surface area (Å²) in [5, 5.41) is 18.3. The number of nitrogens with zero attached hydrogens (tertiary/aromatic N) is 1. The fraction of sp³-hybridized carbons (Fsp3) is 0.571. The van der Waals surface area contributed by atoms with Gasteiger partial charge in [-0.2, -0.15) is 0 Å². The summed E-state index contributed by atoms with van der Waals surface area (Å²) in [6, 6.07) is 4.81. The molecule has 1 aromatic rings. The van der Waals surface area contributed by atoms with E-state index in [1.165, 1.54) is 37.8 Å². The monoisotopic (exact) mass is 265 g/mol. The molecule has 1 aromatic carbocycles. The van der Waals surface area contributed by atoms with Crippen LogP contribution in [0.1, 0.15) is 38.2 Å². The molecule has 0 saturated carbocycles. The van der Waals surface area contributed by atoms with Gasteiger partial charge >= 0.3 is 7.12 Å². The molecular formula is C14H21BFNO2. The SMILES string of the molecule is CC1CCCCCN1Cc1cc(F)cc(B(O)O)c1. The molecule has 1 atom stereocenters. The maximum atomic E-state index is 13.5. The zero-order valence-corrected chi connectivity index (χ0v) is 11.3. The van der Waals surface area contributed by atoms with Crippen molar-refractivity contribution in [2.45, 2.75) is 45.2 Å². The highest BCUT2D eigenvalue weighted by molar-refractivity contribution is 6.58. The molecule has 3 nitrogen and oxygen atoms in total. The van der Waals surface area contributed by atoms with Gasteiger partial charge in [-0.1, -0.05) is 18.9 Å². The van der Waals surface area contributed by atoms with Gasteiger partial charge in [-0.05, 0) is 49.5 Å². The quantitative estimate of drug-likeness (QED) is 0.809. The van der Waals surface area contributed by atoms with E-state index in [4.69, 9.17) is 10.0 Å². The minimum absolute atomic E-state index is 0.220. The first-order chi connectivity index (χ1) is 9.06. The lowest BCUT2D eigenvalue weighted by Gasteiger charge is -2.27. The summed E-state index contributed by atoms with van der Waals surface area (Å²) >= 11 is 0. The van der Waals surface area contributed by atoms with Gasteiger partial charge in [-0.15, -0.1) is 0 Å². The summed E-state index contributed by atoms with van der Waals surface area (Å²) in [6.45, 7) is 3.89. The van der Waals surface area contributed by atoms with Crippen LogP contribution in [0.2, 0.25) is 0 Å². The van der Waals surface area contributed by atoms with Crippen molar-refractivity contribution in [3.8, 4) is 0 Å². The largest absolute Gasteiger partial charge is 0.488 e. The Morgan fingerprint density at radius 1 is 1.26 bits per heavy atom. The van der Waals surface area contributed by atoms with E-state index in [0.29, 0.717) is 12.6 Å². The third kappa shape index (κ3) is 4.03. The Morgan fingerprint density at radius 2 is 2.05 bits per heavy atom. The average Bonchev–Trinajstić information content (AvgIpc) is 2.54. The van der Waals surface area contributed by atoms with E-state index in [9.17, 15) is 4.39 Å². The molecule has 1 heterocycles. The van der Waals surface area contributed by atoms with Gasteiger partial charge in [-0.3, -0.25) is 4.90 Å². The Hall–Kier alpha value is -0.905. The van der Waals surface area contributed by atoms with Crippen LogP contribution in [0.4, 0.5) is 4.39 Å². The van der Waals surface area contributed by atoms with Crippen molar-refractivity contribution in [1.29, 1.82) is 0 Å². The van der Waals surface area contributed by atoms with Crippen LogP contribution in [0.15, 0.2) is 18.2 Å². The topological polar surface area (TPSA) is 43.7 Å². The molecule has 1 fully saturated rings. The highest BCUT2D eigenvalue weighted by Crippen LogP contribution is 2.18. The van der Waals surface area contributed by atoms with Crippen molar-refractivity contribution < 1.29 is 14.4 Å². The fourth-order valence-electron chi connectivity index (χ4n) is 2.72. The Balaban J connectivity index is 2.13. The summed E-state index contributed by atoms with van der Waals surface area (Å²) in [5.74, 6) is -0.414. The summed E-state index contributed by atoms with van der Waals surface area (Å²) < 4.78 is 13.5. The molecule has 1 aliphatic rings. The van der Waals surface area contributed by atoms with Crippen LogP contribution in [0.25, 0.3) is 0 Å². The van der Waals surface area contributed by atoms with Crippen LogP contribution < -0.4 is 5.46 Å². The molecule has 2 N–H and O–H groups in total. The number of likely N-dealkylation sites (tertiary alicyclic amines) is 1. The van der Waals surface area contributed by atoms with E-state index in [0.717, 1.165) is 12.1 Å². The van der Waals surface area contributed by atoms with Gasteiger partial charge in [-0.25, -0.2) is 4.39 Å². The van der Waals surface area contributed by atoms with Crippen molar-refractivity contribution in [2.75, 3.05) is 6.54 Å². The second-order valence-electron chi connectivity index (χ2n) is 5.44. The number of halogens is 1. The minimum Gasteiger partial charge on any atom is -0.423 e. The molecule has 0 bridgehead atoms. The molecule has 5 heteroatoms. The molecule has 1 saturated heterocycles. The van der Waals surface area contributed by atoms with Crippen LogP contribution in [-0.4, -0.2) is 34.7 Å². The second-order valence-corrected chi connectivity index (χ2v) is 5.44. The number of hydrogen-bond acceptors (Lipinski definition) is 3. The van der Waals surface area contributed by atoms with E-state index >= 15 is 0 Å². The molecule has 1 aliphatic heterocycles. The standard InChI is InChI=1S/C14H21BFNO2/c1-11-5-3-2-4-6-17(11)10-12-7-13(15(18)19)9-14(16)8-12/h7-9,11,18-19H,2-6,10H2,1H3. The second kappa shape index (κ2) is 6.50. The number of rotatable bonds is 3. The third-order valence-electron chi connectivity index (χ3n) is 3.85. The molecule has 0 aromatic heterocycles. The first-order valence-electron chi connectivity index (χ1n) is 6.96. The van der Waals surface area contributed by atoms with Crippen molar-refractivity contribution in [3.63, 3.8) is 0 Å². The fourth-order valence-corrected chi connectivity index (χ4v) is 2.72. The van der Waals surface area contributed by atoms with E-state index in [-0.39, 0.29) is 5.46 Å². The molecule has 2 rings (SSSR count). The zero-order chi connectivity index (χ0) is 13.8. The van der Waals surface area contributed by atoms with E-state index < -0.39 is 12.9 Å². The zero-order valence-electron chi connectivity index (χ0n) is 11.3. The minimum atomic E-state index is -1.61. The molecule has 19 heavy (non-hydrogen) atoms. The Bertz CT molecular complexity index is 428. The lowest BCUT2D eigenvalue weighted by Crippen LogP contribution is -2.34. The van der Waals surface area contributed by atoms with Gasteiger partial charge in [0.2, 0.25) is 0 Å². The number of hydrogen-bond donors (Lipinski definition) is 2. The third-order valence-corrected chi connectivity index (χ3v) is 3.85. The van der Waals surface area contributed by atoms with Crippen molar-refractivity contribution in [1.82, 2.24) is 4.90 Å². The molecule has 104 valence electrons. The molecule has 0 spiro atoms. The average molecular weight is 265 g/mol. The predicted molar refractivity (Wildman–Crippen MR) is 74.6 cm³/mol. The van der Waals surface area contributed by atoms with Crippen LogP contribution in [0, 0.1) is 5.82 Å². The van der Waals surface area contributed by atoms with Gasteiger partial charge in [0.05, 0.1) is 0 Å². The van der Waals surface area contributed by atoms with Gasteiger partial charge < -0.3 is 10.0 Å². The van der Waals surface area contributed by atoms with Crippen molar-refractivity contribution >= 4 is 12.6 Å². The van der Waals surface area contributed by atoms with Gasteiger partial charge in [0.25, 0.3) is 0 Å². The van der Waals surface area contributed by atoms with E-state index in [2.05, 4.69) is 11.8 Å². The molecular weight excluding hydrogens is 244 g/mol. The van der Waals surface area contributed by atoms with Crippen molar-refractivity contribution in [2.24, 2.45) is 0 Å². The van der Waals surface area contributed by atoms with Crippen LogP contribution in [-0.2, 0) is 6.54 Å². The van der Waals surface area contributed by atoms with E-state index in [1.54, 1.807) is 6.07 Å². The van der Waals surface area contributed by atoms with Gasteiger partial charge in [0, 0.05) is 12.6 Å². The van der Waals surface area contributed by atoms with Crippen LogP contribution >= 0.6 is 0 Å². The number of benzene rings is 1. The Labute approximate surface area is 114 Å². The summed E-state index contributed by atoms with van der Waals surface area (Å²) in [5.41, 5.74) is 1.02. The van der Waals surface area contributed by atoms with E-state index in [1.807, 2.05) is 0 Å². The summed E-state index contributed by atoms with van der Waals surface area (Å²) in [4.78, 5) is 2.34. The smallest absolute Gasteiger partial charge is 0.423 e. The van der Waals surface area contributed by atoms with Gasteiger partial charge in [0.1, 0.15) is 5.82 Å². The lowest BCUT2D eigenvalue weighted by molar-refractivity contribution is 0.204. The summed E-state index contributed by atoms with van der Waals surface area (Å²) in [6.07, 6.45) is 4.85. The molecule has 1 unspecified atom stereocenters. The first-order valence-corrected chi connectivity index (χ1v) is 6.96. The van der Waals surface area contributed by atoms with Crippen LogP contribution in [0.5, 0.6) is 0 Å². The molecule has 0 radical (unpaired) electrons. The Kier molecular flexibility index (Phi) is 4.96. The normalized spacial score (nSPS) is 21.2. The van der Waals surface area contributed by atoms with Crippen molar-refractivity contribution in [3.05, 3.63) is 29.6 Å².